The monoisotopic (exact) mass is 343 g/mol. The van der Waals surface area contributed by atoms with Gasteiger partial charge in [0.15, 0.2) is 0 Å². The Morgan fingerprint density at radius 1 is 1.26 bits per heavy atom. The highest BCUT2D eigenvalue weighted by Crippen LogP contribution is 2.23. The maximum absolute atomic E-state index is 11.9. The minimum atomic E-state index is -0.917. The summed E-state index contributed by atoms with van der Waals surface area (Å²) in [7, 11) is 2.78. The lowest BCUT2D eigenvalue weighted by Gasteiger charge is -2.23. The minimum Gasteiger partial charge on any atom is -0.497 e. The van der Waals surface area contributed by atoms with Crippen LogP contribution in [0.2, 0.25) is 5.02 Å². The lowest BCUT2D eigenvalue weighted by molar-refractivity contribution is -0.143. The summed E-state index contributed by atoms with van der Waals surface area (Å²) in [6.45, 7) is 5.20. The molecular formula is C16H22ClNO5. The van der Waals surface area contributed by atoms with Gasteiger partial charge in [-0.15, -0.1) is 0 Å². The fourth-order valence-electron chi connectivity index (χ4n) is 1.84. The van der Waals surface area contributed by atoms with Crippen molar-refractivity contribution in [2.75, 3.05) is 14.2 Å². The van der Waals surface area contributed by atoms with E-state index in [9.17, 15) is 9.59 Å². The quantitative estimate of drug-likeness (QED) is 0.832. The van der Waals surface area contributed by atoms with Crippen molar-refractivity contribution in [1.82, 2.24) is 5.32 Å². The van der Waals surface area contributed by atoms with Gasteiger partial charge < -0.3 is 19.5 Å². The van der Waals surface area contributed by atoms with E-state index in [4.69, 9.17) is 25.8 Å². The zero-order valence-corrected chi connectivity index (χ0v) is 14.7. The Morgan fingerprint density at radius 2 is 1.91 bits per heavy atom. The topological polar surface area (TPSA) is 73.9 Å². The van der Waals surface area contributed by atoms with Crippen LogP contribution in [0.1, 0.15) is 26.3 Å². The maximum atomic E-state index is 11.9. The summed E-state index contributed by atoms with van der Waals surface area (Å²) in [6, 6.07) is 4.16. The molecule has 6 nitrogen and oxygen atoms in total. The third-order valence-corrected chi connectivity index (χ3v) is 3.22. The molecule has 1 aromatic carbocycles. The number of amides is 1. The Labute approximate surface area is 141 Å². The van der Waals surface area contributed by atoms with Crippen molar-refractivity contribution in [2.45, 2.75) is 38.8 Å². The fraction of sp³-hybridized carbons (Fsp3) is 0.500. The zero-order chi connectivity index (χ0) is 17.6. The first-order valence-electron chi connectivity index (χ1n) is 7.06. The van der Waals surface area contributed by atoms with Gasteiger partial charge in [-0.25, -0.2) is 9.59 Å². The second-order valence-electron chi connectivity index (χ2n) is 5.88. The van der Waals surface area contributed by atoms with E-state index in [0.29, 0.717) is 16.3 Å². The molecule has 0 heterocycles. The molecule has 0 radical (unpaired) electrons. The number of benzene rings is 1. The van der Waals surface area contributed by atoms with Crippen LogP contribution >= 0.6 is 11.6 Å². The predicted molar refractivity (Wildman–Crippen MR) is 86.9 cm³/mol. The Balaban J connectivity index is 2.91. The fourth-order valence-corrected chi connectivity index (χ4v) is 2.03. The molecule has 7 heteroatoms. The molecule has 0 aromatic heterocycles. The van der Waals surface area contributed by atoms with Crippen LogP contribution in [0, 0.1) is 0 Å². The summed E-state index contributed by atoms with van der Waals surface area (Å²) in [5.41, 5.74) is -0.0178. The van der Waals surface area contributed by atoms with Crippen LogP contribution < -0.4 is 10.1 Å². The summed E-state index contributed by atoms with van der Waals surface area (Å²) in [4.78, 5) is 23.8. The van der Waals surface area contributed by atoms with Crippen LogP contribution in [-0.4, -0.2) is 37.9 Å². The number of halogens is 1. The van der Waals surface area contributed by atoms with Gasteiger partial charge in [0.05, 0.1) is 14.2 Å². The lowest BCUT2D eigenvalue weighted by Crippen LogP contribution is -2.45. The average molecular weight is 344 g/mol. The summed E-state index contributed by atoms with van der Waals surface area (Å²) in [6.07, 6.45) is -0.547. The first-order chi connectivity index (χ1) is 10.7. The van der Waals surface area contributed by atoms with Crippen LogP contribution in [-0.2, 0) is 20.7 Å². The Bertz CT molecular complexity index is 568. The van der Waals surface area contributed by atoms with E-state index in [1.165, 1.54) is 14.2 Å². The van der Waals surface area contributed by atoms with E-state index >= 15 is 0 Å². The summed E-state index contributed by atoms with van der Waals surface area (Å²) >= 11 is 6.14. The second kappa shape index (κ2) is 8.06. The summed E-state index contributed by atoms with van der Waals surface area (Å²) in [5.74, 6) is 0.0139. The molecule has 1 amide bonds. The van der Waals surface area contributed by atoms with Gasteiger partial charge in [0.2, 0.25) is 0 Å². The Kier molecular flexibility index (Phi) is 6.69. The van der Waals surface area contributed by atoms with Gasteiger partial charge in [0.25, 0.3) is 0 Å². The van der Waals surface area contributed by atoms with Crippen molar-refractivity contribution in [1.29, 1.82) is 0 Å². The van der Waals surface area contributed by atoms with E-state index < -0.39 is 23.7 Å². The minimum absolute atomic E-state index is 0.155. The van der Waals surface area contributed by atoms with Gasteiger partial charge in [-0.1, -0.05) is 11.6 Å². The third kappa shape index (κ3) is 6.36. The van der Waals surface area contributed by atoms with Crippen LogP contribution in [0.15, 0.2) is 18.2 Å². The number of nitrogens with one attached hydrogen (secondary N) is 1. The molecule has 0 bridgehead atoms. The Hall–Kier alpha value is -1.95. The van der Waals surface area contributed by atoms with Crippen molar-refractivity contribution in [3.63, 3.8) is 0 Å². The van der Waals surface area contributed by atoms with Gasteiger partial charge in [0.1, 0.15) is 17.4 Å². The number of alkyl carbamates (subject to hydrolysis) is 1. The molecule has 1 unspecified atom stereocenters. The van der Waals surface area contributed by atoms with Crippen molar-refractivity contribution in [2.24, 2.45) is 0 Å². The number of methoxy groups -OCH3 is 2. The van der Waals surface area contributed by atoms with Crippen LogP contribution in [0.4, 0.5) is 4.79 Å². The van der Waals surface area contributed by atoms with Crippen LogP contribution in [0.3, 0.4) is 0 Å². The molecule has 0 aliphatic heterocycles. The standard InChI is InChI=1S/C16H22ClNO5/c1-16(2,3)23-15(20)18-13(14(19)22-5)9-10-8-11(21-4)6-7-12(10)17/h6-8,13H,9H2,1-5H3,(H,18,20). The third-order valence-electron chi connectivity index (χ3n) is 2.85. The molecule has 128 valence electrons. The largest absolute Gasteiger partial charge is 0.497 e. The molecule has 0 aliphatic carbocycles. The van der Waals surface area contributed by atoms with E-state index in [0.717, 1.165) is 0 Å². The number of hydrogen-bond donors (Lipinski definition) is 1. The molecule has 23 heavy (non-hydrogen) atoms. The molecule has 1 N–H and O–H groups in total. The molecule has 0 saturated heterocycles. The highest BCUT2D eigenvalue weighted by atomic mass is 35.5. The molecular weight excluding hydrogens is 322 g/mol. The number of carbonyl (C=O) groups excluding carboxylic acids is 2. The molecule has 0 spiro atoms. The molecule has 0 fully saturated rings. The maximum Gasteiger partial charge on any atom is 0.408 e. The smallest absolute Gasteiger partial charge is 0.408 e. The van der Waals surface area contributed by atoms with Gasteiger partial charge in [-0.2, -0.15) is 0 Å². The van der Waals surface area contributed by atoms with E-state index in [-0.39, 0.29) is 6.42 Å². The number of esters is 1. The molecule has 0 saturated carbocycles. The number of rotatable bonds is 5. The van der Waals surface area contributed by atoms with Crippen LogP contribution in [0.25, 0.3) is 0 Å². The van der Waals surface area contributed by atoms with Gasteiger partial charge in [-0.3, -0.25) is 0 Å². The molecule has 1 atom stereocenters. The highest BCUT2D eigenvalue weighted by molar-refractivity contribution is 6.31. The van der Waals surface area contributed by atoms with Gasteiger partial charge in [-0.05, 0) is 44.5 Å². The number of carbonyl (C=O) groups is 2. The van der Waals surface area contributed by atoms with E-state index in [2.05, 4.69) is 5.32 Å². The van der Waals surface area contributed by atoms with Crippen LogP contribution in [0.5, 0.6) is 5.75 Å². The average Bonchev–Trinajstić information content (AvgIpc) is 2.45. The van der Waals surface area contributed by atoms with Crippen molar-refractivity contribution >= 4 is 23.7 Å². The molecule has 0 aliphatic rings. The summed E-state index contributed by atoms with van der Waals surface area (Å²) < 4.78 is 15.0. The van der Waals surface area contributed by atoms with Gasteiger partial charge in [0, 0.05) is 11.4 Å². The number of ether oxygens (including phenoxy) is 3. The van der Waals surface area contributed by atoms with E-state index in [1.807, 2.05) is 0 Å². The van der Waals surface area contributed by atoms with E-state index in [1.54, 1.807) is 39.0 Å². The first-order valence-corrected chi connectivity index (χ1v) is 7.44. The van der Waals surface area contributed by atoms with Gasteiger partial charge >= 0.3 is 12.1 Å². The van der Waals surface area contributed by atoms with Crippen molar-refractivity contribution in [3.05, 3.63) is 28.8 Å². The summed E-state index contributed by atoms with van der Waals surface area (Å²) in [5, 5.41) is 2.97. The number of hydrogen-bond acceptors (Lipinski definition) is 5. The second-order valence-corrected chi connectivity index (χ2v) is 6.29. The Morgan fingerprint density at radius 3 is 2.43 bits per heavy atom. The zero-order valence-electron chi connectivity index (χ0n) is 13.9. The molecule has 1 aromatic rings. The normalized spacial score (nSPS) is 12.3. The predicted octanol–water partition coefficient (Wildman–Crippen LogP) is 2.96. The first kappa shape index (κ1) is 19.1. The van der Waals surface area contributed by atoms with Crippen molar-refractivity contribution < 1.29 is 23.8 Å². The van der Waals surface area contributed by atoms with Crippen molar-refractivity contribution in [3.8, 4) is 5.75 Å². The lowest BCUT2D eigenvalue weighted by atomic mass is 10.1. The highest BCUT2D eigenvalue weighted by Gasteiger charge is 2.26. The molecule has 1 rings (SSSR count). The SMILES string of the molecule is COC(=O)C(Cc1cc(OC)ccc1Cl)NC(=O)OC(C)(C)C.